The Balaban J connectivity index is 1.41. The Bertz CT molecular complexity index is 3550. The average Bonchev–Trinajstić information content (AvgIpc) is 3.12. The fourth-order valence-electron chi connectivity index (χ4n) is 11.9. The van der Waals surface area contributed by atoms with Crippen LogP contribution in [0.1, 0.15) is 117 Å². The van der Waals surface area contributed by atoms with Crippen LogP contribution in [0, 0.1) is 0 Å². The Morgan fingerprint density at radius 2 is 0.500 bits per heavy atom. The minimum atomic E-state index is -4.80. The summed E-state index contributed by atoms with van der Waals surface area (Å²) in [7, 11) is 0. The van der Waals surface area contributed by atoms with Crippen LogP contribution in [0.3, 0.4) is 0 Å². The van der Waals surface area contributed by atoms with Crippen LogP contribution in [0.15, 0.2) is 121 Å². The van der Waals surface area contributed by atoms with Crippen molar-refractivity contribution >= 4 is 66.7 Å². The van der Waals surface area contributed by atoms with E-state index in [4.69, 9.17) is 0 Å². The average molecular weight is 1110 g/mol. The molecule has 0 N–H and O–H groups in total. The molecule has 6 nitrogen and oxygen atoms in total. The van der Waals surface area contributed by atoms with E-state index in [9.17, 15) is 52.7 Å². The molecule has 0 bridgehead atoms. The van der Waals surface area contributed by atoms with E-state index in [1.54, 1.807) is 27.7 Å². The molecule has 2 aliphatic rings. The topological polar surface area (TPSA) is 74.8 Å². The maximum atomic E-state index is 15.5. The van der Waals surface area contributed by atoms with Gasteiger partial charge in [0.1, 0.15) is 0 Å². The number of alkyl halides is 12. The van der Waals surface area contributed by atoms with Crippen molar-refractivity contribution in [3.8, 4) is 44.5 Å². The van der Waals surface area contributed by atoms with Crippen LogP contribution in [0.4, 0.5) is 52.7 Å². The third kappa shape index (κ3) is 8.25. The van der Waals surface area contributed by atoms with Crippen LogP contribution in [-0.2, 0) is 24.7 Å². The van der Waals surface area contributed by atoms with Gasteiger partial charge < -0.3 is 0 Å². The number of fused-ring (bicyclic) bond motifs is 2. The molecule has 2 heterocycles. The lowest BCUT2D eigenvalue weighted by atomic mass is 9.75. The molecule has 11 rings (SSSR count). The summed E-state index contributed by atoms with van der Waals surface area (Å²) in [6.45, 7) is 6.92. The van der Waals surface area contributed by atoms with Gasteiger partial charge in [0.2, 0.25) is 0 Å². The Morgan fingerprint density at radius 3 is 0.662 bits per heavy atom. The summed E-state index contributed by atoms with van der Waals surface area (Å²) in [5, 5.41) is 0.904. The number of amides is 4. The van der Waals surface area contributed by atoms with E-state index in [-0.39, 0.29) is 136 Å². The molecule has 408 valence electrons. The van der Waals surface area contributed by atoms with Crippen molar-refractivity contribution in [3.63, 3.8) is 0 Å². The number of rotatable bonds is 10. The van der Waals surface area contributed by atoms with Crippen molar-refractivity contribution in [1.82, 2.24) is 9.80 Å². The fourth-order valence-corrected chi connectivity index (χ4v) is 11.9. The second kappa shape index (κ2) is 18.7. The lowest BCUT2D eigenvalue weighted by Gasteiger charge is -2.37. The highest BCUT2D eigenvalue weighted by Gasteiger charge is 2.45. The molecule has 0 radical (unpaired) electrons. The molecule has 0 atom stereocenters. The quantitative estimate of drug-likeness (QED) is 0.0592. The van der Waals surface area contributed by atoms with Gasteiger partial charge in [-0.25, -0.2) is 0 Å². The Hall–Kier alpha value is -8.28. The van der Waals surface area contributed by atoms with Gasteiger partial charge in [0, 0.05) is 22.9 Å². The van der Waals surface area contributed by atoms with Crippen molar-refractivity contribution in [2.75, 3.05) is 0 Å². The first-order chi connectivity index (χ1) is 37.7. The molecule has 80 heavy (non-hydrogen) atoms. The first-order valence-electron chi connectivity index (χ1n) is 25.6. The van der Waals surface area contributed by atoms with E-state index in [0.717, 1.165) is 107 Å². The number of imide groups is 2. The molecule has 0 aliphatic carbocycles. The highest BCUT2D eigenvalue weighted by atomic mass is 19.4. The van der Waals surface area contributed by atoms with Gasteiger partial charge in [-0.15, -0.1) is 0 Å². The molecule has 0 saturated heterocycles. The summed E-state index contributed by atoms with van der Waals surface area (Å²) in [5.74, 6) is -3.40. The first-order valence-corrected chi connectivity index (χ1v) is 25.6. The van der Waals surface area contributed by atoms with E-state index >= 15 is 19.2 Å². The molecule has 18 heteroatoms. The molecule has 0 fully saturated rings. The Morgan fingerprint density at radius 1 is 0.312 bits per heavy atom. The maximum absolute atomic E-state index is 15.5. The summed E-state index contributed by atoms with van der Waals surface area (Å²) in [6.07, 6.45) is -18.3. The first kappa shape index (κ1) is 53.7. The van der Waals surface area contributed by atoms with Gasteiger partial charge in [-0.1, -0.05) is 76.2 Å². The van der Waals surface area contributed by atoms with E-state index in [1.807, 2.05) is 0 Å². The van der Waals surface area contributed by atoms with Crippen LogP contribution in [-0.4, -0.2) is 45.5 Å². The minimum absolute atomic E-state index is 0.00367. The van der Waals surface area contributed by atoms with Gasteiger partial charge in [-0.2, -0.15) is 52.7 Å². The number of hydrogen-bond donors (Lipinski definition) is 0. The van der Waals surface area contributed by atoms with E-state index in [1.165, 1.54) is 24.3 Å². The van der Waals surface area contributed by atoms with Crippen molar-refractivity contribution in [3.05, 3.63) is 166 Å². The summed E-state index contributed by atoms with van der Waals surface area (Å²) >= 11 is 0. The van der Waals surface area contributed by atoms with Crippen LogP contribution in [0.5, 0.6) is 0 Å². The number of carbonyl (C=O) groups is 4. The third-order valence-electron chi connectivity index (χ3n) is 15.8. The molecule has 9 aromatic carbocycles. The van der Waals surface area contributed by atoms with Crippen molar-refractivity contribution in [1.29, 1.82) is 0 Å². The predicted octanol–water partition coefficient (Wildman–Crippen LogP) is 18.0. The zero-order valence-corrected chi connectivity index (χ0v) is 42.6. The van der Waals surface area contributed by atoms with E-state index < -0.39 is 82.7 Å². The predicted molar refractivity (Wildman–Crippen MR) is 279 cm³/mol. The molecule has 2 aliphatic heterocycles. The largest absolute Gasteiger partial charge is 0.416 e. The number of carbonyl (C=O) groups excluding carboxylic acids is 4. The second-order valence-corrected chi connectivity index (χ2v) is 20.1. The van der Waals surface area contributed by atoms with Crippen molar-refractivity contribution in [2.24, 2.45) is 0 Å². The van der Waals surface area contributed by atoms with Gasteiger partial charge in [0.05, 0.1) is 44.5 Å². The Labute approximate surface area is 447 Å². The van der Waals surface area contributed by atoms with Gasteiger partial charge in [-0.3, -0.25) is 29.0 Å². The normalized spacial score (nSPS) is 14.5. The summed E-state index contributed by atoms with van der Waals surface area (Å²) in [4.78, 5) is 64.2. The smallest absolute Gasteiger partial charge is 0.271 e. The monoisotopic (exact) mass is 1110 g/mol. The molecule has 9 aromatic rings. The van der Waals surface area contributed by atoms with Gasteiger partial charge in [0.15, 0.2) is 0 Å². The number of halogens is 12. The van der Waals surface area contributed by atoms with Crippen LogP contribution in [0.25, 0.3) is 87.6 Å². The van der Waals surface area contributed by atoms with Crippen LogP contribution < -0.4 is 0 Å². The molecule has 0 aromatic heterocycles. The maximum Gasteiger partial charge on any atom is 0.416 e. The SMILES string of the molecule is CCC(CC)N1C(=O)c2c(-c3ccc(C(F)(F)F)cc3)cc3c4cc(-c5ccc(C(F)(F)F)cc5)c5c6c(c(-c7ccc(C(F)(F)F)cc7)cc(c7cc(-c8ccc(C(F)(F)F)cc8)c(c2c37)C1=O)c64)C(=O)N(C(CC)CC)C5=O. The molecule has 4 amide bonds. The van der Waals surface area contributed by atoms with E-state index in [2.05, 4.69) is 0 Å². The summed E-state index contributed by atoms with van der Waals surface area (Å²) in [6, 6.07) is 20.0. The molecule has 0 spiro atoms. The molecular formula is C62H42F12N2O4. The lowest BCUT2D eigenvalue weighted by molar-refractivity contribution is -0.138. The van der Waals surface area contributed by atoms with E-state index in [0.29, 0.717) is 0 Å². The number of hydrogen-bond acceptors (Lipinski definition) is 4. The molecule has 0 saturated carbocycles. The highest BCUT2D eigenvalue weighted by Crippen LogP contribution is 2.55. The van der Waals surface area contributed by atoms with Gasteiger partial charge in [-0.05, 0) is 175 Å². The standard InChI is InChI=1S/C62H42F12N2O4/c1-5-37(6-2)75-55(77)49-39(29-9-17-33(18-10-29)59(63,64)65)25-43-45-27-41(31-13-21-35(22-14-31)61(69,70)71)51-54-48(45)46(44-26-40(50(56(75)78)53(49)47(43)44)30-11-19-34(20-12-30)60(66,67)68)28-42(32-15-23-36(24-16-32)62(72,73)74)52(54)58(80)76(57(51)79)38(7-3)8-4/h9-28,37-38H,5-8H2,1-4H3. The van der Waals surface area contributed by atoms with Crippen LogP contribution in [0.2, 0.25) is 0 Å². The zero-order chi connectivity index (χ0) is 57.4. The number of nitrogens with zero attached hydrogens (tertiary/aromatic N) is 2. The summed E-state index contributed by atoms with van der Waals surface area (Å²) < 4.78 is 170. The van der Waals surface area contributed by atoms with Gasteiger partial charge >= 0.3 is 24.7 Å². The second-order valence-electron chi connectivity index (χ2n) is 20.1. The van der Waals surface area contributed by atoms with Crippen LogP contribution >= 0.6 is 0 Å². The Kier molecular flexibility index (Phi) is 12.5. The number of benzene rings is 9. The molecular weight excluding hydrogens is 1060 g/mol. The van der Waals surface area contributed by atoms with Gasteiger partial charge in [0.25, 0.3) is 23.6 Å². The fraction of sp³-hybridized carbons (Fsp3) is 0.226. The van der Waals surface area contributed by atoms with Crippen molar-refractivity contribution in [2.45, 2.75) is 90.2 Å². The minimum Gasteiger partial charge on any atom is -0.271 e. The summed E-state index contributed by atoms with van der Waals surface area (Å²) in [5.41, 5.74) is -4.58. The zero-order valence-electron chi connectivity index (χ0n) is 42.6. The highest BCUT2D eigenvalue weighted by molar-refractivity contribution is 6.45. The molecule has 0 unspecified atom stereocenters. The third-order valence-corrected chi connectivity index (χ3v) is 15.8. The lowest BCUT2D eigenvalue weighted by Crippen LogP contribution is -2.47. The van der Waals surface area contributed by atoms with Crippen molar-refractivity contribution < 1.29 is 71.9 Å².